The van der Waals surface area contributed by atoms with E-state index in [2.05, 4.69) is 15.1 Å². The number of fused-ring (bicyclic) bond motifs is 1. The lowest BCUT2D eigenvalue weighted by Gasteiger charge is -2.15. The summed E-state index contributed by atoms with van der Waals surface area (Å²) >= 11 is 0. The van der Waals surface area contributed by atoms with Gasteiger partial charge in [-0.3, -0.25) is 14.1 Å². The Hall–Kier alpha value is -3.93. The number of aromatic nitrogens is 5. The second-order valence-corrected chi connectivity index (χ2v) is 6.86. The highest BCUT2D eigenvalue weighted by Crippen LogP contribution is 2.31. The Labute approximate surface area is 179 Å². The second-order valence-electron chi connectivity index (χ2n) is 6.86. The fourth-order valence-corrected chi connectivity index (χ4v) is 3.13. The van der Waals surface area contributed by atoms with E-state index in [4.69, 9.17) is 9.84 Å². The van der Waals surface area contributed by atoms with Gasteiger partial charge in [-0.15, -0.1) is 0 Å². The first-order valence-electron chi connectivity index (χ1n) is 9.27. The summed E-state index contributed by atoms with van der Waals surface area (Å²) in [4.78, 5) is 21.8. The van der Waals surface area contributed by atoms with Crippen LogP contribution in [0.15, 0.2) is 48.9 Å². The number of aliphatic hydroxyl groups excluding tert-OH is 1. The van der Waals surface area contributed by atoms with E-state index < -0.39 is 17.9 Å². The summed E-state index contributed by atoms with van der Waals surface area (Å²) in [6.07, 6.45) is -1.80. The van der Waals surface area contributed by atoms with Crippen molar-refractivity contribution in [2.24, 2.45) is 7.05 Å². The van der Waals surface area contributed by atoms with E-state index >= 15 is 0 Å². The second kappa shape index (κ2) is 7.96. The maximum absolute atomic E-state index is 13.0. The molecule has 12 heteroatoms. The van der Waals surface area contributed by atoms with Crippen LogP contribution in [0, 0.1) is 0 Å². The van der Waals surface area contributed by atoms with Crippen LogP contribution >= 0.6 is 0 Å². The zero-order valence-electron chi connectivity index (χ0n) is 16.9. The fraction of sp³-hybridized carbons (Fsp3) is 0.200. The Morgan fingerprint density at radius 1 is 1.19 bits per heavy atom. The van der Waals surface area contributed by atoms with Gasteiger partial charge in [0.2, 0.25) is 5.88 Å². The molecule has 0 radical (unpaired) electrons. The van der Waals surface area contributed by atoms with Gasteiger partial charge in [-0.1, -0.05) is 0 Å². The molecular formula is C20H17F3N6O3. The van der Waals surface area contributed by atoms with Crippen LogP contribution in [-0.4, -0.2) is 42.5 Å². The standard InChI is InChI=1S/C20H17F3N6O3/c1-27(17-9-16(20(21,22)23)28(2)26-17)19(31)29-6-5-12-7-14(3-4-15(12)29)32-18-8-13(10-30)24-11-25-18/h3-9,11,30H,10H2,1-2H3. The average molecular weight is 446 g/mol. The first-order valence-corrected chi connectivity index (χ1v) is 9.27. The number of benzene rings is 1. The number of aryl methyl sites for hydroxylation is 1. The summed E-state index contributed by atoms with van der Waals surface area (Å²) < 4.78 is 46.8. The lowest BCUT2D eigenvalue weighted by molar-refractivity contribution is -0.143. The van der Waals surface area contributed by atoms with E-state index in [0.717, 1.165) is 11.0 Å². The number of ether oxygens (including phenoxy) is 1. The molecule has 1 amide bonds. The molecule has 0 spiro atoms. The quantitative estimate of drug-likeness (QED) is 0.515. The molecule has 4 aromatic rings. The summed E-state index contributed by atoms with van der Waals surface area (Å²) in [6, 6.07) is 8.35. The van der Waals surface area contributed by atoms with Gasteiger partial charge < -0.3 is 9.84 Å². The van der Waals surface area contributed by atoms with Crippen LogP contribution in [0.3, 0.4) is 0 Å². The molecule has 32 heavy (non-hydrogen) atoms. The van der Waals surface area contributed by atoms with E-state index in [1.807, 2.05) is 0 Å². The lowest BCUT2D eigenvalue weighted by atomic mass is 10.2. The minimum absolute atomic E-state index is 0.130. The van der Waals surface area contributed by atoms with Crippen LogP contribution in [0.2, 0.25) is 0 Å². The molecule has 0 bridgehead atoms. The monoisotopic (exact) mass is 446 g/mol. The SMILES string of the molecule is CN(C(=O)n1ccc2cc(Oc3cc(CO)ncn3)ccc21)c1cc(C(F)(F)F)n(C)n1. The van der Waals surface area contributed by atoms with E-state index in [1.54, 1.807) is 24.3 Å². The van der Waals surface area contributed by atoms with E-state index in [1.165, 1.54) is 37.3 Å². The normalized spacial score (nSPS) is 11.7. The molecule has 1 aromatic carbocycles. The number of hydrogen-bond donors (Lipinski definition) is 1. The Balaban J connectivity index is 1.59. The third kappa shape index (κ3) is 3.99. The minimum Gasteiger partial charge on any atom is -0.439 e. The van der Waals surface area contributed by atoms with Gasteiger partial charge in [-0.2, -0.15) is 18.3 Å². The van der Waals surface area contributed by atoms with Crippen molar-refractivity contribution < 1.29 is 27.8 Å². The third-order valence-corrected chi connectivity index (χ3v) is 4.74. The molecule has 3 heterocycles. The van der Waals surface area contributed by atoms with Crippen molar-refractivity contribution >= 4 is 22.8 Å². The Morgan fingerprint density at radius 2 is 1.97 bits per heavy atom. The number of carbonyl (C=O) groups is 1. The van der Waals surface area contributed by atoms with Crippen molar-refractivity contribution in [3.8, 4) is 11.6 Å². The molecule has 0 unspecified atom stereocenters. The van der Waals surface area contributed by atoms with Crippen LogP contribution in [0.25, 0.3) is 10.9 Å². The summed E-state index contributed by atoms with van der Waals surface area (Å²) in [5.41, 5.74) is -0.0284. The average Bonchev–Trinajstić information content (AvgIpc) is 3.36. The van der Waals surface area contributed by atoms with Crippen molar-refractivity contribution in [2.75, 3.05) is 11.9 Å². The van der Waals surface area contributed by atoms with Crippen LogP contribution in [0.5, 0.6) is 11.6 Å². The number of nitrogens with zero attached hydrogens (tertiary/aromatic N) is 6. The van der Waals surface area contributed by atoms with Crippen molar-refractivity contribution in [3.63, 3.8) is 0 Å². The highest BCUT2D eigenvalue weighted by Gasteiger charge is 2.36. The minimum atomic E-state index is -4.58. The molecule has 3 aromatic heterocycles. The topological polar surface area (TPSA) is 98.3 Å². The largest absolute Gasteiger partial charge is 0.439 e. The van der Waals surface area contributed by atoms with Gasteiger partial charge in [0.05, 0.1) is 17.8 Å². The zero-order valence-corrected chi connectivity index (χ0v) is 16.9. The number of rotatable bonds is 4. The number of halogens is 3. The molecular weight excluding hydrogens is 429 g/mol. The molecule has 9 nitrogen and oxygen atoms in total. The predicted molar refractivity (Wildman–Crippen MR) is 107 cm³/mol. The van der Waals surface area contributed by atoms with Gasteiger partial charge in [0.15, 0.2) is 5.82 Å². The van der Waals surface area contributed by atoms with Gasteiger partial charge in [-0.05, 0) is 24.3 Å². The van der Waals surface area contributed by atoms with Crippen LogP contribution in [-0.2, 0) is 19.8 Å². The molecule has 0 saturated heterocycles. The van der Waals surface area contributed by atoms with Crippen LogP contribution in [0.1, 0.15) is 11.4 Å². The van der Waals surface area contributed by atoms with Gasteiger partial charge in [0.1, 0.15) is 17.8 Å². The molecule has 0 fully saturated rings. The maximum Gasteiger partial charge on any atom is 0.433 e. The van der Waals surface area contributed by atoms with Crippen LogP contribution in [0.4, 0.5) is 23.8 Å². The predicted octanol–water partition coefficient (Wildman–Crippen LogP) is 3.57. The molecule has 1 N–H and O–H groups in total. The highest BCUT2D eigenvalue weighted by molar-refractivity contribution is 5.99. The van der Waals surface area contributed by atoms with Gasteiger partial charge in [0, 0.05) is 37.8 Å². The first kappa shape index (κ1) is 21.3. The number of anilines is 1. The third-order valence-electron chi connectivity index (χ3n) is 4.74. The molecule has 4 rings (SSSR count). The van der Waals surface area contributed by atoms with Crippen molar-refractivity contribution in [2.45, 2.75) is 12.8 Å². The summed E-state index contributed by atoms with van der Waals surface area (Å²) in [5, 5.41) is 13.6. The Bertz CT molecular complexity index is 1300. The summed E-state index contributed by atoms with van der Waals surface area (Å²) in [6.45, 7) is -0.253. The number of amides is 1. The van der Waals surface area contributed by atoms with Crippen molar-refractivity contribution in [1.29, 1.82) is 0 Å². The number of carbonyl (C=O) groups excluding carboxylic acids is 1. The molecule has 0 aliphatic heterocycles. The summed E-state index contributed by atoms with van der Waals surface area (Å²) in [5.74, 6) is 0.558. The smallest absolute Gasteiger partial charge is 0.433 e. The number of hydrogen-bond acceptors (Lipinski definition) is 6. The lowest BCUT2D eigenvalue weighted by Crippen LogP contribution is -2.30. The van der Waals surface area contributed by atoms with Crippen molar-refractivity contribution in [3.05, 3.63) is 60.3 Å². The number of alkyl halides is 3. The van der Waals surface area contributed by atoms with E-state index in [0.29, 0.717) is 27.0 Å². The number of aliphatic hydroxyl groups is 1. The molecule has 0 aliphatic carbocycles. The van der Waals surface area contributed by atoms with Gasteiger partial charge in [-0.25, -0.2) is 14.8 Å². The maximum atomic E-state index is 13.0. The Kier molecular flexibility index (Phi) is 5.30. The van der Waals surface area contributed by atoms with E-state index in [-0.39, 0.29) is 18.3 Å². The zero-order chi connectivity index (χ0) is 23.0. The highest BCUT2D eigenvalue weighted by atomic mass is 19.4. The summed E-state index contributed by atoms with van der Waals surface area (Å²) in [7, 11) is 2.51. The molecule has 0 saturated carbocycles. The molecule has 0 atom stereocenters. The van der Waals surface area contributed by atoms with Crippen LogP contribution < -0.4 is 9.64 Å². The van der Waals surface area contributed by atoms with E-state index in [9.17, 15) is 18.0 Å². The van der Waals surface area contributed by atoms with Crippen molar-refractivity contribution in [1.82, 2.24) is 24.3 Å². The Morgan fingerprint density at radius 3 is 2.66 bits per heavy atom. The van der Waals surface area contributed by atoms with Gasteiger partial charge in [0.25, 0.3) is 0 Å². The fourth-order valence-electron chi connectivity index (χ4n) is 3.13. The first-order chi connectivity index (χ1) is 15.2. The van der Waals surface area contributed by atoms with Gasteiger partial charge >= 0.3 is 12.2 Å². The molecule has 166 valence electrons. The molecule has 0 aliphatic rings.